The van der Waals surface area contributed by atoms with E-state index in [-0.39, 0.29) is 5.41 Å². The molecule has 0 aromatic heterocycles. The van der Waals surface area contributed by atoms with Gasteiger partial charge in [-0.25, -0.2) is 0 Å². The second kappa shape index (κ2) is 4.86. The highest BCUT2D eigenvalue weighted by Crippen LogP contribution is 2.36. The van der Waals surface area contributed by atoms with E-state index in [1.54, 1.807) is 0 Å². The lowest BCUT2D eigenvalue weighted by Gasteiger charge is -2.31. The molecule has 0 fully saturated rings. The van der Waals surface area contributed by atoms with Gasteiger partial charge < -0.3 is 9.64 Å². The molecule has 0 atom stereocenters. The van der Waals surface area contributed by atoms with Crippen molar-refractivity contribution in [1.29, 1.82) is 0 Å². The fraction of sp³-hybridized carbons (Fsp3) is 0.333. The van der Waals surface area contributed by atoms with E-state index in [1.165, 1.54) is 11.3 Å². The van der Waals surface area contributed by atoms with Crippen LogP contribution in [0.25, 0.3) is 0 Å². The van der Waals surface area contributed by atoms with Crippen molar-refractivity contribution < 1.29 is 4.74 Å². The van der Waals surface area contributed by atoms with E-state index in [1.807, 2.05) is 12.1 Å². The molecule has 0 amide bonds. The number of fused-ring (bicyclic) bond motifs is 1. The lowest BCUT2D eigenvalue weighted by molar-refractivity contribution is 0.314. The number of hydrogen-bond acceptors (Lipinski definition) is 2. The van der Waals surface area contributed by atoms with Crippen LogP contribution in [0.15, 0.2) is 48.5 Å². The molecular weight excluding hydrogens is 246 g/mol. The van der Waals surface area contributed by atoms with Crippen LogP contribution in [0.3, 0.4) is 0 Å². The van der Waals surface area contributed by atoms with E-state index < -0.39 is 0 Å². The molecule has 0 unspecified atom stereocenters. The summed E-state index contributed by atoms with van der Waals surface area (Å²) in [5.74, 6) is 0.971. The molecule has 1 aliphatic rings. The third kappa shape index (κ3) is 2.38. The quantitative estimate of drug-likeness (QED) is 0.753. The molecular formula is C18H21NO. The molecule has 0 bridgehead atoms. The third-order valence-corrected chi connectivity index (χ3v) is 3.77. The maximum absolute atomic E-state index is 5.71. The molecule has 2 heteroatoms. The number of para-hydroxylation sites is 2. The minimum Gasteiger partial charge on any atom is -0.490 e. The Bertz CT molecular complexity index is 596. The Morgan fingerprint density at radius 3 is 2.35 bits per heavy atom. The van der Waals surface area contributed by atoms with Crippen molar-refractivity contribution in [1.82, 2.24) is 0 Å². The predicted octanol–water partition coefficient (Wildman–Crippen LogP) is 4.51. The molecule has 0 saturated heterocycles. The first-order valence-corrected chi connectivity index (χ1v) is 7.15. The Hall–Kier alpha value is -1.96. The zero-order valence-electron chi connectivity index (χ0n) is 12.4. The molecule has 20 heavy (non-hydrogen) atoms. The van der Waals surface area contributed by atoms with Crippen molar-refractivity contribution in [2.75, 3.05) is 18.1 Å². The summed E-state index contributed by atoms with van der Waals surface area (Å²) >= 11 is 0. The van der Waals surface area contributed by atoms with Gasteiger partial charge in [0.05, 0.1) is 12.2 Å². The van der Waals surface area contributed by atoms with Gasteiger partial charge in [-0.1, -0.05) is 45.0 Å². The van der Waals surface area contributed by atoms with Crippen LogP contribution >= 0.6 is 0 Å². The van der Waals surface area contributed by atoms with Gasteiger partial charge in [-0.05, 0) is 35.2 Å². The van der Waals surface area contributed by atoms with E-state index in [4.69, 9.17) is 4.74 Å². The molecule has 1 aliphatic heterocycles. The van der Waals surface area contributed by atoms with Crippen LogP contribution in [0.5, 0.6) is 5.75 Å². The number of rotatable bonds is 1. The van der Waals surface area contributed by atoms with Crippen LogP contribution in [0, 0.1) is 0 Å². The molecule has 0 radical (unpaired) electrons. The largest absolute Gasteiger partial charge is 0.490 e. The van der Waals surface area contributed by atoms with E-state index in [2.05, 4.69) is 62.1 Å². The molecule has 2 aromatic carbocycles. The third-order valence-electron chi connectivity index (χ3n) is 3.77. The van der Waals surface area contributed by atoms with Gasteiger partial charge in [-0.2, -0.15) is 0 Å². The van der Waals surface area contributed by atoms with Gasteiger partial charge in [-0.15, -0.1) is 0 Å². The smallest absolute Gasteiger partial charge is 0.143 e. The van der Waals surface area contributed by atoms with Crippen molar-refractivity contribution in [2.45, 2.75) is 26.2 Å². The van der Waals surface area contributed by atoms with Crippen molar-refractivity contribution in [3.05, 3.63) is 54.1 Å². The van der Waals surface area contributed by atoms with Crippen molar-refractivity contribution in [2.24, 2.45) is 0 Å². The average Bonchev–Trinajstić information content (AvgIpc) is 2.46. The van der Waals surface area contributed by atoms with E-state index in [0.717, 1.165) is 24.6 Å². The van der Waals surface area contributed by atoms with Gasteiger partial charge >= 0.3 is 0 Å². The monoisotopic (exact) mass is 267 g/mol. The first kappa shape index (κ1) is 13.0. The zero-order valence-corrected chi connectivity index (χ0v) is 12.4. The maximum Gasteiger partial charge on any atom is 0.143 e. The highest BCUT2D eigenvalue weighted by atomic mass is 16.5. The number of ether oxygens (including phenoxy) is 1. The summed E-state index contributed by atoms with van der Waals surface area (Å²) in [5, 5.41) is 0. The first-order valence-electron chi connectivity index (χ1n) is 7.15. The topological polar surface area (TPSA) is 12.5 Å². The van der Waals surface area contributed by atoms with Gasteiger partial charge in [-0.3, -0.25) is 0 Å². The van der Waals surface area contributed by atoms with Crippen molar-refractivity contribution in [3.8, 4) is 5.75 Å². The van der Waals surface area contributed by atoms with E-state index in [9.17, 15) is 0 Å². The van der Waals surface area contributed by atoms with Gasteiger partial charge in [0.1, 0.15) is 12.4 Å². The molecule has 0 N–H and O–H groups in total. The lowest BCUT2D eigenvalue weighted by atomic mass is 9.87. The number of hydrogen-bond donors (Lipinski definition) is 0. The van der Waals surface area contributed by atoms with Crippen LogP contribution in [-0.4, -0.2) is 13.2 Å². The molecule has 0 aliphatic carbocycles. The normalized spacial score (nSPS) is 14.7. The second-order valence-corrected chi connectivity index (χ2v) is 6.26. The Balaban J connectivity index is 1.95. The maximum atomic E-state index is 5.71. The molecule has 2 aromatic rings. The van der Waals surface area contributed by atoms with Gasteiger partial charge in [0, 0.05) is 5.69 Å². The van der Waals surface area contributed by atoms with Crippen LogP contribution in [0.4, 0.5) is 11.4 Å². The van der Waals surface area contributed by atoms with E-state index in [0.29, 0.717) is 0 Å². The summed E-state index contributed by atoms with van der Waals surface area (Å²) in [7, 11) is 0. The molecule has 104 valence electrons. The van der Waals surface area contributed by atoms with Gasteiger partial charge in [0.25, 0.3) is 0 Å². The number of anilines is 2. The standard InChI is InChI=1S/C18H21NO/c1-18(2,3)14-8-10-15(11-9-14)19-12-13-20-17-7-5-4-6-16(17)19/h4-11H,12-13H2,1-3H3. The molecule has 1 heterocycles. The summed E-state index contributed by atoms with van der Waals surface area (Å²) in [6, 6.07) is 17.1. The first-order chi connectivity index (χ1) is 9.55. The predicted molar refractivity (Wildman–Crippen MR) is 84.1 cm³/mol. The lowest BCUT2D eigenvalue weighted by Crippen LogP contribution is -2.28. The Morgan fingerprint density at radius 2 is 1.65 bits per heavy atom. The SMILES string of the molecule is CC(C)(C)c1ccc(N2CCOc3ccccc32)cc1. The van der Waals surface area contributed by atoms with E-state index >= 15 is 0 Å². The summed E-state index contributed by atoms with van der Waals surface area (Å²) in [6.45, 7) is 8.36. The Morgan fingerprint density at radius 1 is 0.950 bits per heavy atom. The summed E-state index contributed by atoms with van der Waals surface area (Å²) < 4.78 is 5.71. The highest BCUT2D eigenvalue weighted by Gasteiger charge is 2.19. The fourth-order valence-corrected chi connectivity index (χ4v) is 2.58. The molecule has 0 spiro atoms. The van der Waals surface area contributed by atoms with Crippen LogP contribution in [0.1, 0.15) is 26.3 Å². The molecule has 2 nitrogen and oxygen atoms in total. The van der Waals surface area contributed by atoms with Crippen LogP contribution < -0.4 is 9.64 Å². The van der Waals surface area contributed by atoms with Gasteiger partial charge in [0.15, 0.2) is 0 Å². The second-order valence-electron chi connectivity index (χ2n) is 6.26. The number of nitrogens with zero attached hydrogens (tertiary/aromatic N) is 1. The average molecular weight is 267 g/mol. The zero-order chi connectivity index (χ0) is 14.2. The summed E-state index contributed by atoms with van der Waals surface area (Å²) in [5.41, 5.74) is 3.94. The molecule has 3 rings (SSSR count). The Labute approximate surface area is 121 Å². The highest BCUT2D eigenvalue weighted by molar-refractivity contribution is 5.70. The fourth-order valence-electron chi connectivity index (χ4n) is 2.58. The summed E-state index contributed by atoms with van der Waals surface area (Å²) in [6.07, 6.45) is 0. The molecule has 0 saturated carbocycles. The minimum atomic E-state index is 0.196. The Kier molecular flexibility index (Phi) is 3.17. The van der Waals surface area contributed by atoms with Crippen molar-refractivity contribution >= 4 is 11.4 Å². The minimum absolute atomic E-state index is 0.196. The van der Waals surface area contributed by atoms with Crippen molar-refractivity contribution in [3.63, 3.8) is 0 Å². The summed E-state index contributed by atoms with van der Waals surface area (Å²) in [4.78, 5) is 2.32. The van der Waals surface area contributed by atoms with Gasteiger partial charge in [0.2, 0.25) is 0 Å². The van der Waals surface area contributed by atoms with Crippen LogP contribution in [0.2, 0.25) is 0 Å². The van der Waals surface area contributed by atoms with Crippen LogP contribution in [-0.2, 0) is 5.41 Å². The number of benzene rings is 2.